The zero-order valence-corrected chi connectivity index (χ0v) is 24.8. The van der Waals surface area contributed by atoms with Gasteiger partial charge >= 0.3 is 0 Å². The number of carbonyl (C=O) groups is 2. The minimum atomic E-state index is -0.466. The van der Waals surface area contributed by atoms with E-state index in [0.717, 1.165) is 58.1 Å². The maximum atomic E-state index is 14.3. The van der Waals surface area contributed by atoms with Crippen LogP contribution in [0.15, 0.2) is 0 Å². The highest BCUT2D eigenvalue weighted by molar-refractivity contribution is 5.87. The molecule has 6 aliphatic rings. The molecular weight excluding hydrogens is 476 g/mol. The summed E-state index contributed by atoms with van der Waals surface area (Å²) in [6.45, 7) is 11.0. The maximum Gasteiger partial charge on any atom is 0.221 e. The van der Waals surface area contributed by atoms with Gasteiger partial charge in [0.05, 0.1) is 12.7 Å². The summed E-state index contributed by atoms with van der Waals surface area (Å²) in [5.41, 5.74) is -0.0687. The molecule has 4 aliphatic carbocycles. The van der Waals surface area contributed by atoms with Crippen molar-refractivity contribution in [3.8, 4) is 0 Å². The largest absolute Gasteiger partial charge is 0.353 e. The van der Waals surface area contributed by atoms with Crippen molar-refractivity contribution in [2.24, 2.45) is 52.3 Å². The van der Waals surface area contributed by atoms with Gasteiger partial charge in [0.25, 0.3) is 0 Å². The summed E-state index contributed by atoms with van der Waals surface area (Å²) in [4.78, 5) is 28.9. The van der Waals surface area contributed by atoms with Crippen molar-refractivity contribution in [3.63, 3.8) is 0 Å². The SMILES string of the molecule is C[C@@H]1CC[C@@]2(OC1)O[C@H]1C[C@H]3[C@@H]4CC[C@H]5C[C@@H](NC(=O)CCN(C)C)CC[C@]5(C)[C@H]4CC(=O)[C@]3(C)[C@H]1[C@@H]2C. The highest BCUT2D eigenvalue weighted by Gasteiger charge is 2.71. The predicted octanol–water partition coefficient (Wildman–Crippen LogP) is 5.05. The van der Waals surface area contributed by atoms with Crippen LogP contribution >= 0.6 is 0 Å². The van der Waals surface area contributed by atoms with Crippen molar-refractivity contribution in [2.45, 2.75) is 110 Å². The first kappa shape index (κ1) is 27.2. The lowest BCUT2D eigenvalue weighted by molar-refractivity contribution is -0.272. The molecule has 0 bridgehead atoms. The second kappa shape index (κ2) is 9.55. The Morgan fingerprint density at radius 2 is 1.84 bits per heavy atom. The van der Waals surface area contributed by atoms with Gasteiger partial charge in [-0.2, -0.15) is 0 Å². The molecule has 1 N–H and O–H groups in total. The second-order valence-corrected chi connectivity index (χ2v) is 15.1. The van der Waals surface area contributed by atoms with Crippen LogP contribution in [-0.4, -0.2) is 61.8 Å². The third-order valence-corrected chi connectivity index (χ3v) is 13.0. The van der Waals surface area contributed by atoms with Crippen molar-refractivity contribution in [2.75, 3.05) is 27.2 Å². The van der Waals surface area contributed by atoms with Crippen molar-refractivity contribution < 1.29 is 19.1 Å². The van der Waals surface area contributed by atoms with Crippen LogP contribution in [0.5, 0.6) is 0 Å². The third kappa shape index (κ3) is 4.05. The Labute approximate surface area is 230 Å². The number of Topliss-reactive ketones (excluding diaryl/α,β-unsaturated/α-hetero) is 1. The average Bonchev–Trinajstić information content (AvgIpc) is 3.32. The molecule has 214 valence electrons. The summed E-state index contributed by atoms with van der Waals surface area (Å²) in [6, 6.07) is 0.290. The second-order valence-electron chi connectivity index (χ2n) is 15.1. The van der Waals surface area contributed by atoms with Gasteiger partial charge in [-0.15, -0.1) is 0 Å². The highest BCUT2D eigenvalue weighted by Crippen LogP contribution is 2.70. The number of fused-ring (bicyclic) bond motifs is 7. The quantitative estimate of drug-likeness (QED) is 0.553. The van der Waals surface area contributed by atoms with Crippen LogP contribution < -0.4 is 5.32 Å². The van der Waals surface area contributed by atoms with Crippen molar-refractivity contribution in [3.05, 3.63) is 0 Å². The Kier molecular flexibility index (Phi) is 6.83. The van der Waals surface area contributed by atoms with Crippen LogP contribution in [0.4, 0.5) is 0 Å². The Hall–Kier alpha value is -0.980. The molecule has 2 aliphatic heterocycles. The van der Waals surface area contributed by atoms with Gasteiger partial charge in [-0.1, -0.05) is 27.7 Å². The van der Waals surface area contributed by atoms with Crippen LogP contribution in [0.25, 0.3) is 0 Å². The molecule has 0 aromatic heterocycles. The number of nitrogens with zero attached hydrogens (tertiary/aromatic N) is 1. The van der Waals surface area contributed by atoms with Crippen molar-refractivity contribution in [1.29, 1.82) is 0 Å². The summed E-state index contributed by atoms with van der Waals surface area (Å²) < 4.78 is 13.3. The van der Waals surface area contributed by atoms with Gasteiger partial charge in [-0.05, 0) is 94.0 Å². The van der Waals surface area contributed by atoms with Gasteiger partial charge in [0.2, 0.25) is 5.91 Å². The molecule has 0 aromatic carbocycles. The van der Waals surface area contributed by atoms with E-state index in [4.69, 9.17) is 9.47 Å². The first-order valence-electron chi connectivity index (χ1n) is 15.8. The van der Waals surface area contributed by atoms with E-state index in [1.165, 1.54) is 12.8 Å². The predicted molar refractivity (Wildman–Crippen MR) is 147 cm³/mol. The molecule has 6 nitrogen and oxygen atoms in total. The fourth-order valence-electron chi connectivity index (χ4n) is 10.7. The van der Waals surface area contributed by atoms with E-state index in [9.17, 15) is 9.59 Å². The Morgan fingerprint density at radius 1 is 1.05 bits per heavy atom. The van der Waals surface area contributed by atoms with E-state index in [1.54, 1.807) is 0 Å². The number of hydrogen-bond donors (Lipinski definition) is 1. The first-order valence-corrected chi connectivity index (χ1v) is 15.8. The minimum absolute atomic E-state index is 0.162. The number of rotatable bonds is 4. The minimum Gasteiger partial charge on any atom is -0.353 e. The summed E-state index contributed by atoms with van der Waals surface area (Å²) in [5, 5.41) is 3.35. The maximum absolute atomic E-state index is 14.3. The van der Waals surface area contributed by atoms with Crippen LogP contribution in [0.3, 0.4) is 0 Å². The number of ketones is 1. The summed E-state index contributed by atoms with van der Waals surface area (Å²) in [7, 11) is 4.03. The molecule has 6 rings (SSSR count). The third-order valence-electron chi connectivity index (χ3n) is 13.0. The monoisotopic (exact) mass is 528 g/mol. The fraction of sp³-hybridized carbons (Fsp3) is 0.938. The standard InChI is InChI=1S/C32H52N2O4/c1-19-9-13-32(37-18-19)20(2)29-26(38-32)16-25-23-8-7-21-15-22(33-28(36)11-14-34(5)6)10-12-30(21,3)24(23)17-27(35)31(25,29)4/h19-26,29H,7-18H2,1-6H3,(H,33,36)/t19-,20+,21+,22+,23-,24+,25+,26+,29+,30+,31-,32-/m1/s1. The lowest BCUT2D eigenvalue weighted by Crippen LogP contribution is -2.59. The lowest BCUT2D eigenvalue weighted by atomic mass is 9.44. The number of carbonyl (C=O) groups excluding carboxylic acids is 2. The van der Waals surface area contributed by atoms with Crippen LogP contribution in [-0.2, 0) is 19.1 Å². The number of nitrogens with one attached hydrogen (secondary N) is 1. The molecule has 1 spiro atoms. The van der Waals surface area contributed by atoms with E-state index in [2.05, 4.69) is 37.9 Å². The molecule has 0 aromatic rings. The number of amides is 1. The Morgan fingerprint density at radius 3 is 2.55 bits per heavy atom. The lowest BCUT2D eigenvalue weighted by Gasteiger charge is -2.60. The molecule has 4 saturated carbocycles. The Bertz CT molecular complexity index is 944. The van der Waals surface area contributed by atoms with E-state index in [1.807, 2.05) is 14.1 Å². The number of ether oxygens (including phenoxy) is 2. The van der Waals surface area contributed by atoms with Crippen LogP contribution in [0, 0.1) is 52.3 Å². The normalized spacial score (nSPS) is 51.9. The van der Waals surface area contributed by atoms with Crippen LogP contribution in [0.1, 0.15) is 91.9 Å². The highest BCUT2D eigenvalue weighted by atomic mass is 16.7. The van der Waals surface area contributed by atoms with E-state index >= 15 is 0 Å². The van der Waals surface area contributed by atoms with Gasteiger partial charge in [0.1, 0.15) is 5.78 Å². The van der Waals surface area contributed by atoms with Gasteiger partial charge in [-0.3, -0.25) is 9.59 Å². The first-order chi connectivity index (χ1) is 18.0. The summed E-state index contributed by atoms with van der Waals surface area (Å²) in [5.74, 6) is 3.52. The summed E-state index contributed by atoms with van der Waals surface area (Å²) >= 11 is 0. The van der Waals surface area contributed by atoms with Gasteiger partial charge in [-0.25, -0.2) is 0 Å². The van der Waals surface area contributed by atoms with Crippen molar-refractivity contribution in [1.82, 2.24) is 10.2 Å². The molecular formula is C32H52N2O4. The fourth-order valence-corrected chi connectivity index (χ4v) is 10.7. The van der Waals surface area contributed by atoms with E-state index in [-0.39, 0.29) is 34.7 Å². The average molecular weight is 529 g/mol. The van der Waals surface area contributed by atoms with Crippen molar-refractivity contribution >= 4 is 11.7 Å². The topological polar surface area (TPSA) is 67.9 Å². The molecule has 38 heavy (non-hydrogen) atoms. The zero-order chi connectivity index (χ0) is 27.0. The number of hydrogen-bond acceptors (Lipinski definition) is 5. The van der Waals surface area contributed by atoms with Gasteiger partial charge in [0, 0.05) is 49.1 Å². The molecule has 2 saturated heterocycles. The Balaban J connectivity index is 1.16. The molecule has 2 heterocycles. The van der Waals surface area contributed by atoms with Gasteiger partial charge < -0.3 is 19.7 Å². The molecule has 0 unspecified atom stereocenters. The van der Waals surface area contributed by atoms with Gasteiger partial charge in [0.15, 0.2) is 5.79 Å². The van der Waals surface area contributed by atoms with Crippen LogP contribution in [0.2, 0.25) is 0 Å². The summed E-state index contributed by atoms with van der Waals surface area (Å²) in [6.07, 6.45) is 10.3. The molecule has 6 heteroatoms. The smallest absolute Gasteiger partial charge is 0.221 e. The molecule has 0 radical (unpaired) electrons. The molecule has 12 atom stereocenters. The zero-order valence-electron chi connectivity index (χ0n) is 24.8. The van der Waals surface area contributed by atoms with E-state index < -0.39 is 5.79 Å². The van der Waals surface area contributed by atoms with E-state index in [0.29, 0.717) is 47.8 Å². The molecule has 6 fully saturated rings. The molecule has 1 amide bonds.